The van der Waals surface area contributed by atoms with Crippen molar-refractivity contribution in [3.63, 3.8) is 0 Å². The summed E-state index contributed by atoms with van der Waals surface area (Å²) in [7, 11) is 0. The molecular weight excluding hydrogens is 204 g/mol. The topological polar surface area (TPSA) is 64.5 Å². The highest BCUT2D eigenvalue weighted by Crippen LogP contribution is 1.87. The van der Waals surface area contributed by atoms with Crippen molar-refractivity contribution in [2.75, 3.05) is 39.4 Å². The van der Waals surface area contributed by atoms with E-state index < -0.39 is 0 Å². The molecule has 2 unspecified atom stereocenters. The molecule has 0 aromatic heterocycles. The molecule has 0 spiro atoms. The Balaban J connectivity index is 0. The Morgan fingerprint density at radius 1 is 0.812 bits per heavy atom. The zero-order valence-corrected chi connectivity index (χ0v) is 11.3. The van der Waals surface area contributed by atoms with Gasteiger partial charge >= 0.3 is 0 Å². The van der Waals surface area contributed by atoms with Crippen LogP contribution in [-0.2, 0) is 0 Å². The molecule has 100 valence electrons. The summed E-state index contributed by atoms with van der Waals surface area (Å²) in [6, 6.07) is 0. The maximum atomic E-state index is 8.52. The van der Waals surface area contributed by atoms with E-state index in [-0.39, 0.29) is 13.2 Å². The number of nitrogens with one attached hydrogen (secondary N) is 2. The Morgan fingerprint density at radius 3 is 1.31 bits per heavy atom. The number of hydrogen-bond acceptors (Lipinski definition) is 4. The van der Waals surface area contributed by atoms with Gasteiger partial charge in [-0.05, 0) is 38.0 Å². The third kappa shape index (κ3) is 16.3. The summed E-state index contributed by atoms with van der Waals surface area (Å²) < 4.78 is 0. The Labute approximate surface area is 100 Å². The van der Waals surface area contributed by atoms with Crippen molar-refractivity contribution in [2.24, 2.45) is 11.8 Å². The molecule has 0 amide bonds. The van der Waals surface area contributed by atoms with Crippen LogP contribution in [0, 0.1) is 11.8 Å². The lowest BCUT2D eigenvalue weighted by Gasteiger charge is -2.05. The fourth-order valence-corrected chi connectivity index (χ4v) is 0.911. The van der Waals surface area contributed by atoms with Gasteiger partial charge in [0.2, 0.25) is 0 Å². The van der Waals surface area contributed by atoms with Crippen LogP contribution in [0.5, 0.6) is 0 Å². The van der Waals surface area contributed by atoms with Crippen molar-refractivity contribution < 1.29 is 10.2 Å². The van der Waals surface area contributed by atoms with Crippen LogP contribution in [0.3, 0.4) is 0 Å². The van der Waals surface area contributed by atoms with E-state index in [0.717, 1.165) is 26.2 Å². The van der Waals surface area contributed by atoms with Crippen LogP contribution in [0.2, 0.25) is 0 Å². The molecule has 0 aliphatic carbocycles. The molecule has 0 aliphatic heterocycles. The van der Waals surface area contributed by atoms with Gasteiger partial charge in [0.1, 0.15) is 0 Å². The van der Waals surface area contributed by atoms with Crippen LogP contribution in [0.15, 0.2) is 0 Å². The summed E-state index contributed by atoms with van der Waals surface area (Å²) in [5, 5.41) is 23.3. The summed E-state index contributed by atoms with van der Waals surface area (Å²) in [5.74, 6) is 0.796. The van der Waals surface area contributed by atoms with Crippen LogP contribution in [0.4, 0.5) is 0 Å². The second-order valence-corrected chi connectivity index (χ2v) is 4.19. The van der Waals surface area contributed by atoms with Crippen molar-refractivity contribution in [2.45, 2.75) is 27.7 Å². The molecule has 4 N–H and O–H groups in total. The lowest BCUT2D eigenvalue weighted by molar-refractivity contribution is 0.234. The molecule has 2 atom stereocenters. The van der Waals surface area contributed by atoms with Crippen LogP contribution >= 0.6 is 0 Å². The molecule has 0 aliphatic rings. The third-order valence-electron chi connectivity index (χ3n) is 2.11. The van der Waals surface area contributed by atoms with E-state index in [1.165, 1.54) is 0 Å². The molecule has 0 rings (SSSR count). The van der Waals surface area contributed by atoms with Gasteiger partial charge in [0, 0.05) is 13.2 Å². The molecule has 0 aromatic rings. The van der Waals surface area contributed by atoms with Crippen molar-refractivity contribution in [3.05, 3.63) is 0 Å². The molecule has 0 saturated carbocycles. The minimum atomic E-state index is 0.285. The second kappa shape index (κ2) is 14.8. The van der Waals surface area contributed by atoms with E-state index in [2.05, 4.69) is 24.5 Å². The highest BCUT2D eigenvalue weighted by atomic mass is 16.3. The second-order valence-electron chi connectivity index (χ2n) is 4.19. The number of hydrogen-bond donors (Lipinski definition) is 4. The van der Waals surface area contributed by atoms with Crippen LogP contribution in [0.1, 0.15) is 27.7 Å². The smallest absolute Gasteiger partial charge is 0.0468 e. The summed E-state index contributed by atoms with van der Waals surface area (Å²) in [5.41, 5.74) is 0. The van der Waals surface area contributed by atoms with Gasteiger partial charge in [-0.1, -0.05) is 27.7 Å². The molecule has 16 heavy (non-hydrogen) atoms. The largest absolute Gasteiger partial charge is 0.396 e. The zero-order chi connectivity index (χ0) is 12.8. The number of rotatable bonds is 8. The summed E-state index contributed by atoms with van der Waals surface area (Å²) in [6.45, 7) is 12.5. The Kier molecular flexibility index (Phi) is 16.9. The molecule has 0 saturated heterocycles. The van der Waals surface area contributed by atoms with E-state index in [0.29, 0.717) is 11.8 Å². The maximum absolute atomic E-state index is 8.52. The summed E-state index contributed by atoms with van der Waals surface area (Å²) in [4.78, 5) is 0. The van der Waals surface area contributed by atoms with E-state index in [1.807, 2.05) is 13.8 Å². The Bertz CT molecular complexity index is 110. The first-order chi connectivity index (χ1) is 7.62. The molecule has 0 heterocycles. The van der Waals surface area contributed by atoms with Crippen molar-refractivity contribution >= 4 is 0 Å². The Hall–Kier alpha value is -0.160. The van der Waals surface area contributed by atoms with Crippen LogP contribution in [0.25, 0.3) is 0 Å². The summed E-state index contributed by atoms with van der Waals surface area (Å²) >= 11 is 0. The molecule has 0 aromatic carbocycles. The monoisotopic (exact) mass is 234 g/mol. The molecule has 0 fully saturated rings. The standard InChI is InChI=1S/2C6H15NO/c2*1-3-7-4-6(2)5-8/h2*6-8H,3-5H2,1-2H3. The zero-order valence-electron chi connectivity index (χ0n) is 11.3. The molecule has 4 nitrogen and oxygen atoms in total. The quantitative estimate of drug-likeness (QED) is 0.492. The average molecular weight is 234 g/mol. The average Bonchev–Trinajstić information content (AvgIpc) is 2.33. The highest BCUT2D eigenvalue weighted by molar-refractivity contribution is 4.52. The van der Waals surface area contributed by atoms with E-state index in [4.69, 9.17) is 10.2 Å². The van der Waals surface area contributed by atoms with Gasteiger partial charge in [-0.3, -0.25) is 0 Å². The van der Waals surface area contributed by atoms with Crippen LogP contribution in [-0.4, -0.2) is 49.6 Å². The maximum Gasteiger partial charge on any atom is 0.0468 e. The van der Waals surface area contributed by atoms with E-state index >= 15 is 0 Å². The molecule has 0 radical (unpaired) electrons. The number of aliphatic hydroxyl groups excluding tert-OH is 2. The molecule has 4 heteroatoms. The normalized spacial score (nSPS) is 13.9. The minimum absolute atomic E-state index is 0.285. The van der Waals surface area contributed by atoms with Gasteiger partial charge in [-0.15, -0.1) is 0 Å². The Morgan fingerprint density at radius 2 is 1.12 bits per heavy atom. The van der Waals surface area contributed by atoms with Gasteiger partial charge < -0.3 is 20.8 Å². The van der Waals surface area contributed by atoms with Gasteiger partial charge in [-0.25, -0.2) is 0 Å². The SMILES string of the molecule is CCNCC(C)CO.CCNCC(C)CO. The highest BCUT2D eigenvalue weighted by Gasteiger charge is 1.95. The summed E-state index contributed by atoms with van der Waals surface area (Å²) in [6.07, 6.45) is 0. The van der Waals surface area contributed by atoms with Crippen LogP contribution < -0.4 is 10.6 Å². The number of aliphatic hydroxyl groups is 2. The van der Waals surface area contributed by atoms with Crippen molar-refractivity contribution in [3.8, 4) is 0 Å². The predicted octanol–water partition coefficient (Wildman–Crippen LogP) is 0.449. The fourth-order valence-electron chi connectivity index (χ4n) is 0.911. The van der Waals surface area contributed by atoms with Gasteiger partial charge in [0.05, 0.1) is 0 Å². The van der Waals surface area contributed by atoms with Crippen molar-refractivity contribution in [1.82, 2.24) is 10.6 Å². The fraction of sp³-hybridized carbons (Fsp3) is 1.00. The first-order valence-electron chi connectivity index (χ1n) is 6.25. The van der Waals surface area contributed by atoms with E-state index in [9.17, 15) is 0 Å². The van der Waals surface area contributed by atoms with E-state index in [1.54, 1.807) is 0 Å². The molecular formula is C12H30N2O2. The lowest BCUT2D eigenvalue weighted by Crippen LogP contribution is -2.22. The predicted molar refractivity (Wildman–Crippen MR) is 69.6 cm³/mol. The first-order valence-corrected chi connectivity index (χ1v) is 6.25. The third-order valence-corrected chi connectivity index (χ3v) is 2.11. The van der Waals surface area contributed by atoms with Gasteiger partial charge in [0.15, 0.2) is 0 Å². The minimum Gasteiger partial charge on any atom is -0.396 e. The molecule has 0 bridgehead atoms. The lowest BCUT2D eigenvalue weighted by atomic mass is 10.2. The van der Waals surface area contributed by atoms with Gasteiger partial charge in [0.25, 0.3) is 0 Å². The first kappa shape index (κ1) is 18.2. The van der Waals surface area contributed by atoms with Gasteiger partial charge in [-0.2, -0.15) is 0 Å². The van der Waals surface area contributed by atoms with Crippen molar-refractivity contribution in [1.29, 1.82) is 0 Å².